The summed E-state index contributed by atoms with van der Waals surface area (Å²) in [4.78, 5) is 14.4. The summed E-state index contributed by atoms with van der Waals surface area (Å²) in [7, 11) is 0. The van der Waals surface area contributed by atoms with Gasteiger partial charge in [0, 0.05) is 18.5 Å². The van der Waals surface area contributed by atoms with Crippen LogP contribution in [0.2, 0.25) is 0 Å². The minimum atomic E-state index is 0.0436. The molecule has 1 aliphatic heterocycles. The van der Waals surface area contributed by atoms with E-state index in [1.54, 1.807) is 6.26 Å². The molecule has 1 aromatic heterocycles. The Morgan fingerprint density at radius 3 is 3.00 bits per heavy atom. The SMILES string of the molecule is CC1(CN)CCN(C(=O)c2coc3ccccc23)C1. The summed E-state index contributed by atoms with van der Waals surface area (Å²) in [5, 5.41) is 0.883. The number of fused-ring (bicyclic) bond motifs is 1. The van der Waals surface area contributed by atoms with Crippen molar-refractivity contribution in [2.24, 2.45) is 11.1 Å². The lowest BCUT2D eigenvalue weighted by Gasteiger charge is -2.22. The Hall–Kier alpha value is -1.81. The molecule has 1 fully saturated rings. The van der Waals surface area contributed by atoms with Crippen LogP contribution < -0.4 is 5.73 Å². The second kappa shape index (κ2) is 4.38. The first-order valence-corrected chi connectivity index (χ1v) is 6.58. The first-order chi connectivity index (χ1) is 9.13. The molecule has 2 N–H and O–H groups in total. The van der Waals surface area contributed by atoms with Crippen LogP contribution in [0.25, 0.3) is 11.0 Å². The van der Waals surface area contributed by atoms with Crippen molar-refractivity contribution >= 4 is 16.9 Å². The van der Waals surface area contributed by atoms with Crippen molar-refractivity contribution < 1.29 is 9.21 Å². The van der Waals surface area contributed by atoms with Gasteiger partial charge in [-0.05, 0) is 24.4 Å². The maximum atomic E-state index is 12.6. The first kappa shape index (κ1) is 12.2. The van der Waals surface area contributed by atoms with Gasteiger partial charge in [0.1, 0.15) is 11.8 Å². The van der Waals surface area contributed by atoms with Crippen LogP contribution in [-0.2, 0) is 0 Å². The van der Waals surface area contributed by atoms with Gasteiger partial charge in [-0.1, -0.05) is 25.1 Å². The van der Waals surface area contributed by atoms with E-state index in [-0.39, 0.29) is 11.3 Å². The zero-order valence-corrected chi connectivity index (χ0v) is 11.1. The standard InChI is InChI=1S/C15H18N2O2/c1-15(9-16)6-7-17(10-15)14(18)12-8-19-13-5-3-2-4-11(12)13/h2-5,8H,6-7,9-10,16H2,1H3. The summed E-state index contributed by atoms with van der Waals surface area (Å²) in [5.74, 6) is 0.0436. The molecular weight excluding hydrogens is 240 g/mol. The molecule has 4 nitrogen and oxygen atoms in total. The number of amides is 1. The van der Waals surface area contributed by atoms with E-state index < -0.39 is 0 Å². The summed E-state index contributed by atoms with van der Waals surface area (Å²) in [6.45, 7) is 4.24. The molecule has 0 aliphatic carbocycles. The van der Waals surface area contributed by atoms with E-state index in [2.05, 4.69) is 6.92 Å². The number of nitrogens with zero attached hydrogens (tertiary/aromatic N) is 1. The summed E-state index contributed by atoms with van der Waals surface area (Å²) in [6.07, 6.45) is 2.52. The van der Waals surface area contributed by atoms with Gasteiger partial charge in [0.2, 0.25) is 0 Å². The Bertz CT molecular complexity index is 619. The van der Waals surface area contributed by atoms with Gasteiger partial charge in [0.25, 0.3) is 5.91 Å². The van der Waals surface area contributed by atoms with Gasteiger partial charge in [-0.3, -0.25) is 4.79 Å². The minimum absolute atomic E-state index is 0.0436. The van der Waals surface area contributed by atoms with Gasteiger partial charge in [-0.25, -0.2) is 0 Å². The maximum Gasteiger partial charge on any atom is 0.257 e. The number of rotatable bonds is 2. The van der Waals surface area contributed by atoms with Gasteiger partial charge >= 0.3 is 0 Å². The maximum absolute atomic E-state index is 12.6. The molecule has 0 saturated carbocycles. The monoisotopic (exact) mass is 258 g/mol. The number of para-hydroxylation sites is 1. The highest BCUT2D eigenvalue weighted by molar-refractivity contribution is 6.06. The van der Waals surface area contributed by atoms with Crippen molar-refractivity contribution in [3.8, 4) is 0 Å². The van der Waals surface area contributed by atoms with Crippen molar-refractivity contribution in [3.63, 3.8) is 0 Å². The highest BCUT2D eigenvalue weighted by atomic mass is 16.3. The lowest BCUT2D eigenvalue weighted by Crippen LogP contribution is -2.34. The average Bonchev–Trinajstić information content (AvgIpc) is 3.03. The Balaban J connectivity index is 1.89. The fourth-order valence-electron chi connectivity index (χ4n) is 2.68. The van der Waals surface area contributed by atoms with Crippen molar-refractivity contribution in [3.05, 3.63) is 36.1 Å². The summed E-state index contributed by atoms with van der Waals surface area (Å²) in [5.41, 5.74) is 7.24. The molecule has 2 aromatic rings. The Morgan fingerprint density at radius 2 is 2.26 bits per heavy atom. The Morgan fingerprint density at radius 1 is 1.47 bits per heavy atom. The smallest absolute Gasteiger partial charge is 0.257 e. The number of carbonyl (C=O) groups is 1. The lowest BCUT2D eigenvalue weighted by atomic mass is 9.90. The van der Waals surface area contributed by atoms with Gasteiger partial charge in [0.15, 0.2) is 0 Å². The number of hydrogen-bond acceptors (Lipinski definition) is 3. The molecule has 0 bridgehead atoms. The highest BCUT2D eigenvalue weighted by Crippen LogP contribution is 2.31. The molecule has 2 heterocycles. The summed E-state index contributed by atoms with van der Waals surface area (Å²) >= 11 is 0. The Kier molecular flexibility index (Phi) is 2.82. The molecule has 19 heavy (non-hydrogen) atoms. The molecule has 1 aromatic carbocycles. The van der Waals surface area contributed by atoms with Crippen LogP contribution in [0.15, 0.2) is 34.9 Å². The third-order valence-corrected chi connectivity index (χ3v) is 4.05. The van der Waals surface area contributed by atoms with Crippen LogP contribution in [-0.4, -0.2) is 30.4 Å². The zero-order chi connectivity index (χ0) is 13.5. The van der Waals surface area contributed by atoms with E-state index in [9.17, 15) is 4.79 Å². The third-order valence-electron chi connectivity index (χ3n) is 4.05. The highest BCUT2D eigenvalue weighted by Gasteiger charge is 2.35. The van der Waals surface area contributed by atoms with E-state index in [0.29, 0.717) is 12.1 Å². The molecule has 1 atom stereocenters. The molecule has 3 rings (SSSR count). The Labute approximate surface area is 112 Å². The van der Waals surface area contributed by atoms with Crippen molar-refractivity contribution in [2.75, 3.05) is 19.6 Å². The number of hydrogen-bond donors (Lipinski definition) is 1. The topological polar surface area (TPSA) is 59.5 Å². The minimum Gasteiger partial charge on any atom is -0.463 e. The fourth-order valence-corrected chi connectivity index (χ4v) is 2.68. The molecule has 1 amide bonds. The molecule has 0 spiro atoms. The quantitative estimate of drug-likeness (QED) is 0.898. The average molecular weight is 258 g/mol. The van der Waals surface area contributed by atoms with Crippen LogP contribution in [0.1, 0.15) is 23.7 Å². The molecule has 100 valence electrons. The van der Waals surface area contributed by atoms with Gasteiger partial charge in [-0.15, -0.1) is 0 Å². The third kappa shape index (κ3) is 2.02. The molecule has 0 radical (unpaired) electrons. The molecule has 4 heteroatoms. The summed E-state index contributed by atoms with van der Waals surface area (Å²) in [6, 6.07) is 7.62. The molecule has 1 aliphatic rings. The predicted molar refractivity (Wildman–Crippen MR) is 73.9 cm³/mol. The lowest BCUT2D eigenvalue weighted by molar-refractivity contribution is 0.0778. The van der Waals surface area contributed by atoms with Crippen LogP contribution >= 0.6 is 0 Å². The second-order valence-corrected chi connectivity index (χ2v) is 5.64. The van der Waals surface area contributed by atoms with Gasteiger partial charge < -0.3 is 15.1 Å². The number of nitrogens with two attached hydrogens (primary N) is 1. The molecule has 1 saturated heterocycles. The van der Waals surface area contributed by atoms with Crippen LogP contribution in [0, 0.1) is 5.41 Å². The van der Waals surface area contributed by atoms with Gasteiger partial charge in [0.05, 0.1) is 5.56 Å². The summed E-state index contributed by atoms with van der Waals surface area (Å²) < 4.78 is 5.44. The number of likely N-dealkylation sites (tertiary alicyclic amines) is 1. The van der Waals surface area contributed by atoms with Crippen LogP contribution in [0.5, 0.6) is 0 Å². The van der Waals surface area contributed by atoms with Crippen LogP contribution in [0.4, 0.5) is 0 Å². The van der Waals surface area contributed by atoms with Crippen molar-refractivity contribution in [2.45, 2.75) is 13.3 Å². The number of benzene rings is 1. The molecule has 1 unspecified atom stereocenters. The largest absolute Gasteiger partial charge is 0.463 e. The van der Waals surface area contributed by atoms with E-state index in [4.69, 9.17) is 10.2 Å². The first-order valence-electron chi connectivity index (χ1n) is 6.58. The molecular formula is C15H18N2O2. The van der Waals surface area contributed by atoms with Gasteiger partial charge in [-0.2, -0.15) is 0 Å². The van der Waals surface area contributed by atoms with E-state index in [1.165, 1.54) is 0 Å². The number of furan rings is 1. The normalized spacial score (nSPS) is 23.2. The number of carbonyl (C=O) groups excluding carboxylic acids is 1. The second-order valence-electron chi connectivity index (χ2n) is 5.64. The van der Waals surface area contributed by atoms with E-state index in [0.717, 1.165) is 30.5 Å². The predicted octanol–water partition coefficient (Wildman–Crippen LogP) is 2.24. The van der Waals surface area contributed by atoms with Crippen LogP contribution in [0.3, 0.4) is 0 Å². The fraction of sp³-hybridized carbons (Fsp3) is 0.400. The zero-order valence-electron chi connectivity index (χ0n) is 11.1. The van der Waals surface area contributed by atoms with E-state index >= 15 is 0 Å². The van der Waals surface area contributed by atoms with Crippen molar-refractivity contribution in [1.29, 1.82) is 0 Å². The van der Waals surface area contributed by atoms with E-state index in [1.807, 2.05) is 29.2 Å². The van der Waals surface area contributed by atoms with Crippen molar-refractivity contribution in [1.82, 2.24) is 4.90 Å².